The Balaban J connectivity index is 0.000000557. The lowest BCUT2D eigenvalue weighted by molar-refractivity contribution is 0.202. The van der Waals surface area contributed by atoms with Crippen LogP contribution in [0.25, 0.3) is 0 Å². The SMILES string of the molecule is O=P(O)(O)C(O)Cc1cccnc1.O=[PH](O)O. The van der Waals surface area contributed by atoms with E-state index in [2.05, 4.69) is 4.98 Å². The van der Waals surface area contributed by atoms with Gasteiger partial charge < -0.3 is 24.7 Å². The second kappa shape index (κ2) is 7.68. The highest BCUT2D eigenvalue weighted by molar-refractivity contribution is 7.52. The second-order valence-electron chi connectivity index (χ2n) is 2.92. The summed E-state index contributed by atoms with van der Waals surface area (Å²) in [6, 6.07) is 3.29. The van der Waals surface area contributed by atoms with Crippen molar-refractivity contribution in [2.45, 2.75) is 12.3 Å². The van der Waals surface area contributed by atoms with E-state index in [0.717, 1.165) is 0 Å². The molecule has 98 valence electrons. The number of aliphatic hydroxyl groups is 1. The van der Waals surface area contributed by atoms with E-state index in [1.807, 2.05) is 0 Å². The molecular formula is C7H13NO7P2. The van der Waals surface area contributed by atoms with E-state index in [0.29, 0.717) is 5.56 Å². The lowest BCUT2D eigenvalue weighted by Crippen LogP contribution is -2.10. The van der Waals surface area contributed by atoms with Crippen LogP contribution < -0.4 is 0 Å². The van der Waals surface area contributed by atoms with Crippen LogP contribution >= 0.6 is 15.9 Å². The zero-order chi connectivity index (χ0) is 13.5. The predicted octanol–water partition coefficient (Wildman–Crippen LogP) is -0.519. The first-order chi connectivity index (χ1) is 7.73. The van der Waals surface area contributed by atoms with Crippen molar-refractivity contribution < 1.29 is 33.8 Å². The number of aliphatic hydroxyl groups excluding tert-OH is 1. The highest BCUT2D eigenvalue weighted by atomic mass is 31.2. The van der Waals surface area contributed by atoms with E-state index < -0.39 is 21.7 Å². The number of nitrogens with zero attached hydrogens (tertiary/aromatic N) is 1. The maximum Gasteiger partial charge on any atom is 0.354 e. The molecule has 0 aliphatic heterocycles. The third kappa shape index (κ3) is 9.14. The van der Waals surface area contributed by atoms with Crippen LogP contribution in [0, 0.1) is 0 Å². The molecule has 1 heterocycles. The maximum atomic E-state index is 10.6. The average molecular weight is 285 g/mol. The van der Waals surface area contributed by atoms with Crippen LogP contribution in [0.2, 0.25) is 0 Å². The Kier molecular flexibility index (Phi) is 7.41. The summed E-state index contributed by atoms with van der Waals surface area (Å²) in [7, 11) is -7.52. The average Bonchev–Trinajstić information content (AvgIpc) is 2.16. The summed E-state index contributed by atoms with van der Waals surface area (Å²) < 4.78 is 19.3. The van der Waals surface area contributed by atoms with Crippen molar-refractivity contribution >= 4 is 15.9 Å². The quantitative estimate of drug-likeness (QED) is 0.466. The number of hydrogen-bond donors (Lipinski definition) is 5. The van der Waals surface area contributed by atoms with Gasteiger partial charge in [-0.2, -0.15) is 0 Å². The van der Waals surface area contributed by atoms with Gasteiger partial charge in [0.05, 0.1) is 0 Å². The van der Waals surface area contributed by atoms with Gasteiger partial charge in [0.1, 0.15) is 0 Å². The summed E-state index contributed by atoms with van der Waals surface area (Å²) in [5, 5.41) is 9.05. The van der Waals surface area contributed by atoms with Crippen LogP contribution in [0.5, 0.6) is 0 Å². The van der Waals surface area contributed by atoms with Crippen molar-refractivity contribution in [3.63, 3.8) is 0 Å². The van der Waals surface area contributed by atoms with Crippen molar-refractivity contribution in [1.82, 2.24) is 4.98 Å². The van der Waals surface area contributed by atoms with Gasteiger partial charge in [-0.05, 0) is 11.6 Å². The topological polar surface area (TPSA) is 148 Å². The summed E-state index contributed by atoms with van der Waals surface area (Å²) in [6.45, 7) is 0. The smallest absolute Gasteiger partial charge is 0.354 e. The van der Waals surface area contributed by atoms with E-state index in [4.69, 9.17) is 29.2 Å². The molecule has 10 heteroatoms. The van der Waals surface area contributed by atoms with E-state index >= 15 is 0 Å². The molecule has 17 heavy (non-hydrogen) atoms. The zero-order valence-electron chi connectivity index (χ0n) is 8.54. The van der Waals surface area contributed by atoms with Crippen LogP contribution in [-0.4, -0.2) is 35.5 Å². The van der Waals surface area contributed by atoms with Gasteiger partial charge in [-0.15, -0.1) is 0 Å². The van der Waals surface area contributed by atoms with Crippen LogP contribution in [0.3, 0.4) is 0 Å². The summed E-state index contributed by atoms with van der Waals surface area (Å²) in [6.07, 6.45) is 2.92. The molecule has 0 bridgehead atoms. The molecule has 5 N–H and O–H groups in total. The van der Waals surface area contributed by atoms with Gasteiger partial charge in [-0.25, -0.2) is 0 Å². The molecule has 1 aromatic heterocycles. The van der Waals surface area contributed by atoms with Gasteiger partial charge in [0.25, 0.3) is 0 Å². The van der Waals surface area contributed by atoms with E-state index in [1.54, 1.807) is 18.3 Å². The third-order valence-corrected chi connectivity index (χ3v) is 2.49. The Morgan fingerprint density at radius 2 is 1.94 bits per heavy atom. The first kappa shape index (κ1) is 16.4. The number of hydrogen-bond acceptors (Lipinski definition) is 4. The van der Waals surface area contributed by atoms with Crippen molar-refractivity contribution in [3.05, 3.63) is 30.1 Å². The van der Waals surface area contributed by atoms with Crippen LogP contribution in [0.4, 0.5) is 0 Å². The molecule has 0 aliphatic rings. The van der Waals surface area contributed by atoms with Gasteiger partial charge in [0.15, 0.2) is 5.85 Å². The lowest BCUT2D eigenvalue weighted by Gasteiger charge is -2.11. The molecule has 0 saturated heterocycles. The highest BCUT2D eigenvalue weighted by Gasteiger charge is 2.26. The molecule has 1 aromatic rings. The van der Waals surface area contributed by atoms with Gasteiger partial charge in [0.2, 0.25) is 0 Å². The standard InChI is InChI=1S/C7H10NO4P.H3O3P/c9-7(13(10,11)12)4-6-2-1-3-8-5-6;1-4(2)3/h1-3,5,7,9H,4H2,(H2,10,11,12);4H,(H2,1,2,3). The molecule has 1 atom stereocenters. The molecule has 1 unspecified atom stereocenters. The van der Waals surface area contributed by atoms with Gasteiger partial charge in [0, 0.05) is 18.8 Å². The van der Waals surface area contributed by atoms with Crippen LogP contribution in [0.15, 0.2) is 24.5 Å². The molecule has 0 aliphatic carbocycles. The van der Waals surface area contributed by atoms with E-state index in [9.17, 15) is 4.57 Å². The second-order valence-corrected chi connectivity index (χ2v) is 5.26. The largest absolute Gasteiger partial charge is 0.380 e. The molecule has 0 aromatic carbocycles. The monoisotopic (exact) mass is 285 g/mol. The van der Waals surface area contributed by atoms with E-state index in [1.165, 1.54) is 6.20 Å². The number of aromatic nitrogens is 1. The van der Waals surface area contributed by atoms with Crippen molar-refractivity contribution in [2.24, 2.45) is 0 Å². The number of pyridine rings is 1. The van der Waals surface area contributed by atoms with Crippen LogP contribution in [-0.2, 0) is 15.6 Å². The zero-order valence-corrected chi connectivity index (χ0v) is 10.4. The van der Waals surface area contributed by atoms with Gasteiger partial charge >= 0.3 is 15.9 Å². The minimum Gasteiger partial charge on any atom is -0.380 e. The molecule has 0 saturated carbocycles. The normalized spacial score (nSPS) is 12.8. The molecule has 0 spiro atoms. The minimum absolute atomic E-state index is 0.0852. The fourth-order valence-corrected chi connectivity index (χ4v) is 1.30. The van der Waals surface area contributed by atoms with Gasteiger partial charge in [-0.1, -0.05) is 6.07 Å². The lowest BCUT2D eigenvalue weighted by atomic mass is 10.2. The predicted molar refractivity (Wildman–Crippen MR) is 59.4 cm³/mol. The molecule has 1 rings (SSSR count). The fraction of sp³-hybridized carbons (Fsp3) is 0.286. The van der Waals surface area contributed by atoms with Crippen LogP contribution in [0.1, 0.15) is 5.56 Å². The molecule has 0 radical (unpaired) electrons. The Morgan fingerprint density at radius 1 is 1.41 bits per heavy atom. The first-order valence-electron chi connectivity index (χ1n) is 4.27. The first-order valence-corrected chi connectivity index (χ1v) is 7.26. The molecule has 8 nitrogen and oxygen atoms in total. The third-order valence-electron chi connectivity index (χ3n) is 1.53. The van der Waals surface area contributed by atoms with Crippen molar-refractivity contribution in [1.29, 1.82) is 0 Å². The molecule has 0 fully saturated rings. The molecular weight excluding hydrogens is 272 g/mol. The van der Waals surface area contributed by atoms with E-state index in [-0.39, 0.29) is 6.42 Å². The minimum atomic E-state index is -4.39. The molecule has 0 amide bonds. The summed E-state index contributed by atoms with van der Waals surface area (Å²) in [5.41, 5.74) is 0.596. The Labute approximate surface area is 97.7 Å². The van der Waals surface area contributed by atoms with Crippen molar-refractivity contribution in [3.8, 4) is 0 Å². The summed E-state index contributed by atoms with van der Waals surface area (Å²) in [5.74, 6) is -1.64. The Hall–Kier alpha value is -0.590. The Bertz CT molecular complexity index is 388. The van der Waals surface area contributed by atoms with Gasteiger partial charge in [-0.3, -0.25) is 14.1 Å². The highest BCUT2D eigenvalue weighted by Crippen LogP contribution is 2.40. The summed E-state index contributed by atoms with van der Waals surface area (Å²) >= 11 is 0. The fourth-order valence-electron chi connectivity index (χ4n) is 0.849. The number of rotatable bonds is 3. The van der Waals surface area contributed by atoms with Crippen molar-refractivity contribution in [2.75, 3.05) is 0 Å². The maximum absolute atomic E-state index is 10.6. The Morgan fingerprint density at radius 3 is 2.29 bits per heavy atom. The summed E-state index contributed by atoms with van der Waals surface area (Å²) in [4.78, 5) is 35.2.